The number of anilines is 1. The van der Waals surface area contributed by atoms with Crippen LogP contribution in [0.2, 0.25) is 0 Å². The first kappa shape index (κ1) is 19.7. The molecular weight excluding hydrogens is 332 g/mol. The van der Waals surface area contributed by atoms with Gasteiger partial charge in [-0.1, -0.05) is 33.1 Å². The molecule has 2 aromatic carbocycles. The lowest BCUT2D eigenvalue weighted by molar-refractivity contribution is -0.383. The fourth-order valence-electron chi connectivity index (χ4n) is 2.97. The van der Waals surface area contributed by atoms with Gasteiger partial charge in [0.25, 0.3) is 5.69 Å². The number of amides is 1. The predicted octanol–water partition coefficient (Wildman–Crippen LogP) is 5.30. The summed E-state index contributed by atoms with van der Waals surface area (Å²) in [6, 6.07) is 8.16. The number of carbonyl (C=O) groups excluding carboxylic acids is 1. The highest BCUT2D eigenvalue weighted by Crippen LogP contribution is 2.34. The number of unbranched alkanes of at least 4 members (excludes halogenated alkanes) is 1. The lowest BCUT2D eigenvalue weighted by Crippen LogP contribution is -2.11. The summed E-state index contributed by atoms with van der Waals surface area (Å²) in [7, 11) is 0. The highest BCUT2D eigenvalue weighted by Gasteiger charge is 2.16. The molecule has 26 heavy (non-hydrogen) atoms. The zero-order chi connectivity index (χ0) is 19.1. The zero-order valence-electron chi connectivity index (χ0n) is 15.6. The smallest absolute Gasteiger partial charge is 0.277 e. The van der Waals surface area contributed by atoms with E-state index in [9.17, 15) is 14.9 Å². The third kappa shape index (κ3) is 4.94. The molecular formula is C20H26N2O4. The van der Waals surface area contributed by atoms with E-state index < -0.39 is 4.92 Å². The van der Waals surface area contributed by atoms with E-state index in [4.69, 9.17) is 4.74 Å². The Balaban J connectivity index is 2.32. The van der Waals surface area contributed by atoms with Gasteiger partial charge in [0.15, 0.2) is 0 Å². The van der Waals surface area contributed by atoms with Crippen LogP contribution < -0.4 is 10.1 Å². The van der Waals surface area contributed by atoms with Gasteiger partial charge in [0.1, 0.15) is 5.75 Å². The highest BCUT2D eigenvalue weighted by atomic mass is 16.6. The Morgan fingerprint density at radius 2 is 2.00 bits per heavy atom. The van der Waals surface area contributed by atoms with Crippen molar-refractivity contribution in [3.05, 3.63) is 40.4 Å². The second kappa shape index (κ2) is 9.17. The zero-order valence-corrected chi connectivity index (χ0v) is 15.6. The van der Waals surface area contributed by atoms with Gasteiger partial charge in [0, 0.05) is 24.1 Å². The van der Waals surface area contributed by atoms with Crippen LogP contribution >= 0.6 is 0 Å². The van der Waals surface area contributed by atoms with E-state index in [1.165, 1.54) is 19.4 Å². The van der Waals surface area contributed by atoms with Crippen LogP contribution in [0.4, 0.5) is 11.4 Å². The van der Waals surface area contributed by atoms with E-state index in [0.29, 0.717) is 34.7 Å². The summed E-state index contributed by atoms with van der Waals surface area (Å²) in [5.41, 5.74) is 0.552. The molecule has 6 heteroatoms. The molecule has 2 aromatic rings. The summed E-state index contributed by atoms with van der Waals surface area (Å²) < 4.78 is 5.94. The van der Waals surface area contributed by atoms with Gasteiger partial charge in [-0.15, -0.1) is 0 Å². The molecule has 0 aromatic heterocycles. The van der Waals surface area contributed by atoms with Crippen LogP contribution in [0.3, 0.4) is 0 Å². The topological polar surface area (TPSA) is 81.5 Å². The van der Waals surface area contributed by atoms with Gasteiger partial charge in [0.2, 0.25) is 5.91 Å². The number of nitrogens with one attached hydrogen (secondary N) is 1. The summed E-state index contributed by atoms with van der Waals surface area (Å²) in [6.07, 6.45) is 4.52. The molecule has 0 bridgehead atoms. The molecule has 0 radical (unpaired) electrons. The van der Waals surface area contributed by atoms with Crippen molar-refractivity contribution < 1.29 is 14.5 Å². The lowest BCUT2D eigenvalue weighted by Gasteiger charge is -2.16. The first-order chi connectivity index (χ1) is 12.5. The van der Waals surface area contributed by atoms with Crippen molar-refractivity contribution in [1.82, 2.24) is 0 Å². The Kier molecular flexibility index (Phi) is 6.95. The summed E-state index contributed by atoms with van der Waals surface area (Å²) in [6.45, 7) is 6.36. The quantitative estimate of drug-likeness (QED) is 0.487. The molecule has 1 N–H and O–H groups in total. The molecule has 0 aliphatic carbocycles. The number of nitrogens with zero attached hydrogens (tertiary/aromatic N) is 1. The molecule has 0 aliphatic rings. The molecule has 0 saturated carbocycles. The van der Waals surface area contributed by atoms with Crippen LogP contribution in [-0.2, 0) is 4.79 Å². The van der Waals surface area contributed by atoms with Gasteiger partial charge in [-0.3, -0.25) is 14.9 Å². The van der Waals surface area contributed by atoms with E-state index in [1.807, 2.05) is 0 Å². The van der Waals surface area contributed by atoms with Crippen LogP contribution in [0.15, 0.2) is 30.3 Å². The molecule has 6 nitrogen and oxygen atoms in total. The van der Waals surface area contributed by atoms with Gasteiger partial charge in [0.05, 0.1) is 16.9 Å². The number of nitro benzene ring substituents is 1. The SMILES string of the molecule is CCCCC(CC)COc1ccc2c([N+](=O)[O-])ccc(NC(C)=O)c2c1. The number of hydrogen-bond acceptors (Lipinski definition) is 4. The minimum Gasteiger partial charge on any atom is -0.493 e. The standard InChI is InChI=1S/C20H26N2O4/c1-4-6-7-15(5-2)13-26-16-8-9-17-18(12-16)19(21-14(3)23)10-11-20(17)22(24)25/h8-12,15H,4-7,13H2,1-3H3,(H,21,23). The normalized spacial score (nSPS) is 12.0. The monoisotopic (exact) mass is 358 g/mol. The number of non-ortho nitro benzene ring substituents is 1. The molecule has 0 spiro atoms. The van der Waals surface area contributed by atoms with Crippen molar-refractivity contribution >= 4 is 28.1 Å². The Bertz CT molecular complexity index is 789. The van der Waals surface area contributed by atoms with Gasteiger partial charge in [-0.05, 0) is 36.6 Å². The van der Waals surface area contributed by atoms with Gasteiger partial charge in [-0.2, -0.15) is 0 Å². The summed E-state index contributed by atoms with van der Waals surface area (Å²) in [4.78, 5) is 22.3. The number of nitro groups is 1. The van der Waals surface area contributed by atoms with Crippen molar-refractivity contribution in [1.29, 1.82) is 0 Å². The first-order valence-electron chi connectivity index (χ1n) is 9.07. The summed E-state index contributed by atoms with van der Waals surface area (Å²) in [5.74, 6) is 0.919. The average Bonchev–Trinajstić information content (AvgIpc) is 2.61. The molecule has 0 saturated heterocycles. The molecule has 1 atom stereocenters. The number of benzene rings is 2. The van der Waals surface area contributed by atoms with Crippen molar-refractivity contribution in [2.45, 2.75) is 46.5 Å². The molecule has 0 fully saturated rings. The van der Waals surface area contributed by atoms with Crippen LogP contribution in [0.1, 0.15) is 46.5 Å². The molecule has 0 aliphatic heterocycles. The van der Waals surface area contributed by atoms with Crippen molar-refractivity contribution in [3.63, 3.8) is 0 Å². The third-order valence-electron chi connectivity index (χ3n) is 4.50. The largest absolute Gasteiger partial charge is 0.493 e. The summed E-state index contributed by atoms with van der Waals surface area (Å²) in [5, 5.41) is 15.1. The van der Waals surface area contributed by atoms with E-state index in [1.54, 1.807) is 24.3 Å². The van der Waals surface area contributed by atoms with E-state index >= 15 is 0 Å². The maximum absolute atomic E-state index is 11.4. The lowest BCUT2D eigenvalue weighted by atomic mass is 10.0. The van der Waals surface area contributed by atoms with Crippen molar-refractivity contribution in [3.8, 4) is 5.75 Å². The molecule has 2 rings (SSSR count). The van der Waals surface area contributed by atoms with Gasteiger partial charge in [-0.25, -0.2) is 0 Å². The Hall–Kier alpha value is -2.63. The predicted molar refractivity (Wildman–Crippen MR) is 104 cm³/mol. The van der Waals surface area contributed by atoms with Gasteiger partial charge >= 0.3 is 0 Å². The molecule has 140 valence electrons. The fourth-order valence-corrected chi connectivity index (χ4v) is 2.97. The maximum Gasteiger partial charge on any atom is 0.277 e. The first-order valence-corrected chi connectivity index (χ1v) is 9.07. The van der Waals surface area contributed by atoms with Crippen molar-refractivity contribution in [2.24, 2.45) is 5.92 Å². The summed E-state index contributed by atoms with van der Waals surface area (Å²) >= 11 is 0. The Morgan fingerprint density at radius 3 is 2.62 bits per heavy atom. The minimum absolute atomic E-state index is 0.00929. The van der Waals surface area contributed by atoms with Crippen LogP contribution in [0, 0.1) is 16.0 Å². The number of rotatable bonds is 9. The second-order valence-corrected chi connectivity index (χ2v) is 6.51. The highest BCUT2D eigenvalue weighted by molar-refractivity contribution is 6.05. The van der Waals surface area contributed by atoms with E-state index in [0.717, 1.165) is 19.3 Å². The number of hydrogen-bond donors (Lipinski definition) is 1. The maximum atomic E-state index is 11.4. The van der Waals surface area contributed by atoms with Crippen LogP contribution in [0.5, 0.6) is 5.75 Å². The minimum atomic E-state index is -0.418. The van der Waals surface area contributed by atoms with E-state index in [-0.39, 0.29) is 11.6 Å². The Morgan fingerprint density at radius 1 is 1.23 bits per heavy atom. The van der Waals surface area contributed by atoms with E-state index in [2.05, 4.69) is 19.2 Å². The molecule has 0 heterocycles. The fraction of sp³-hybridized carbons (Fsp3) is 0.450. The number of fused-ring (bicyclic) bond motifs is 1. The third-order valence-corrected chi connectivity index (χ3v) is 4.50. The average molecular weight is 358 g/mol. The molecule has 1 unspecified atom stereocenters. The Labute approximate surface area is 153 Å². The van der Waals surface area contributed by atoms with Crippen LogP contribution in [0.25, 0.3) is 10.8 Å². The number of ether oxygens (including phenoxy) is 1. The second-order valence-electron chi connectivity index (χ2n) is 6.51. The molecule has 1 amide bonds. The van der Waals surface area contributed by atoms with Crippen molar-refractivity contribution in [2.75, 3.05) is 11.9 Å². The van der Waals surface area contributed by atoms with Crippen LogP contribution in [-0.4, -0.2) is 17.4 Å². The number of carbonyl (C=O) groups is 1. The van der Waals surface area contributed by atoms with Gasteiger partial charge < -0.3 is 10.1 Å².